The monoisotopic (exact) mass is 539 g/mol. The molecule has 2 aromatic heterocycles. The molecule has 0 saturated heterocycles. The Kier molecular flexibility index (Phi) is 8.43. The summed E-state index contributed by atoms with van der Waals surface area (Å²) in [4.78, 5) is 25.1. The summed E-state index contributed by atoms with van der Waals surface area (Å²) < 4.78 is 30.7. The summed E-state index contributed by atoms with van der Waals surface area (Å²) in [7, 11) is -4.30. The Hall–Kier alpha value is -4.17. The quantitative estimate of drug-likeness (QED) is 0.237. The molecule has 3 aromatic rings. The Labute approximate surface area is 216 Å². The van der Waals surface area contributed by atoms with Gasteiger partial charge in [0.2, 0.25) is 12.1 Å². The second-order valence-corrected chi connectivity index (χ2v) is 9.92. The number of fused-ring (bicyclic) bond motifs is 1. The third kappa shape index (κ3) is 5.70. The third-order valence-corrected chi connectivity index (χ3v) is 7.25. The largest absolute Gasteiger partial charge is 0.468 e. The van der Waals surface area contributed by atoms with Gasteiger partial charge in [-0.25, -0.2) is 15.0 Å². The molecular weight excluding hydrogens is 517 g/mol. The number of aromatic nitrogens is 4. The number of anilines is 1. The van der Waals surface area contributed by atoms with Crippen LogP contribution < -0.4 is 5.32 Å². The van der Waals surface area contributed by atoms with Gasteiger partial charge in [0, 0.05) is 5.56 Å². The summed E-state index contributed by atoms with van der Waals surface area (Å²) in [6.07, 6.45) is 0.895. The SMILES string of the molecule is N#CCCOP(=O)(OCCC#N)C(O)C1=C[C@@H](O)[C@H](n2cnc3c(NC(=O)c4ccccc4)ncnc32)O1. The molecule has 15 heteroatoms. The van der Waals surface area contributed by atoms with Crippen LogP contribution in [0.5, 0.6) is 0 Å². The molecule has 1 amide bonds. The standard InChI is InChI=1S/C23H22N7O7P/c24-8-4-10-35-38(34,36-11-5-9-25)23(33)17-12-16(31)22(37-17)30-14-28-18-19(26-13-27-20(18)30)29-21(32)15-6-2-1-3-7-15/h1-3,6-7,12-14,16,22-23,31,33H,4-5,10-11H2,(H,26,27,29,32)/t16-,22-,23?/m1/s1. The van der Waals surface area contributed by atoms with Crippen molar-refractivity contribution in [2.24, 2.45) is 0 Å². The van der Waals surface area contributed by atoms with Crippen molar-refractivity contribution < 1.29 is 33.4 Å². The molecule has 196 valence electrons. The van der Waals surface area contributed by atoms with Gasteiger partial charge in [-0.3, -0.25) is 13.9 Å². The van der Waals surface area contributed by atoms with Crippen LogP contribution in [0.15, 0.2) is 54.8 Å². The van der Waals surface area contributed by atoms with Crippen LogP contribution in [0.3, 0.4) is 0 Å². The van der Waals surface area contributed by atoms with Gasteiger partial charge in [0.05, 0.1) is 38.2 Å². The summed E-state index contributed by atoms with van der Waals surface area (Å²) >= 11 is 0. The highest BCUT2D eigenvalue weighted by atomic mass is 31.2. The number of ether oxygens (including phenoxy) is 1. The van der Waals surface area contributed by atoms with Crippen molar-refractivity contribution in [3.63, 3.8) is 0 Å². The van der Waals surface area contributed by atoms with Crippen LogP contribution in [0, 0.1) is 22.7 Å². The molecule has 4 rings (SSSR count). The average molecular weight is 539 g/mol. The van der Waals surface area contributed by atoms with E-state index in [1.807, 2.05) is 12.1 Å². The number of benzene rings is 1. The number of rotatable bonds is 11. The average Bonchev–Trinajstić information content (AvgIpc) is 3.53. The van der Waals surface area contributed by atoms with Crippen LogP contribution >= 0.6 is 7.60 Å². The lowest BCUT2D eigenvalue weighted by molar-refractivity contribution is -0.0120. The molecule has 0 fully saturated rings. The summed E-state index contributed by atoms with van der Waals surface area (Å²) in [6, 6.07) is 12.1. The molecule has 1 aromatic carbocycles. The van der Waals surface area contributed by atoms with Gasteiger partial charge in [0.1, 0.15) is 24.5 Å². The van der Waals surface area contributed by atoms with Crippen molar-refractivity contribution >= 4 is 30.5 Å². The van der Waals surface area contributed by atoms with E-state index in [-0.39, 0.29) is 48.8 Å². The zero-order chi connectivity index (χ0) is 27.1. The van der Waals surface area contributed by atoms with Gasteiger partial charge >= 0.3 is 7.60 Å². The number of carbonyl (C=O) groups excluding carboxylic acids is 1. The summed E-state index contributed by atoms with van der Waals surface area (Å²) in [5.41, 5.74) is 0.830. The molecule has 38 heavy (non-hydrogen) atoms. The predicted octanol–water partition coefficient (Wildman–Crippen LogP) is 2.22. The van der Waals surface area contributed by atoms with Gasteiger partial charge in [0.15, 0.2) is 17.0 Å². The van der Waals surface area contributed by atoms with Crippen molar-refractivity contribution in [2.45, 2.75) is 31.0 Å². The van der Waals surface area contributed by atoms with E-state index in [9.17, 15) is 19.6 Å². The fraction of sp³-hybridized carbons (Fsp3) is 0.304. The van der Waals surface area contributed by atoms with Crippen molar-refractivity contribution in [3.8, 4) is 12.1 Å². The lowest BCUT2D eigenvalue weighted by atomic mass is 10.2. The molecule has 3 atom stereocenters. The smallest absolute Gasteiger partial charge is 0.366 e. The van der Waals surface area contributed by atoms with Crippen molar-refractivity contribution in [3.05, 3.63) is 60.4 Å². The number of nitrogens with zero attached hydrogens (tertiary/aromatic N) is 6. The van der Waals surface area contributed by atoms with Gasteiger partial charge in [-0.2, -0.15) is 10.5 Å². The van der Waals surface area contributed by atoms with Gasteiger partial charge < -0.3 is 29.3 Å². The minimum atomic E-state index is -4.30. The second kappa shape index (κ2) is 11.9. The molecule has 14 nitrogen and oxygen atoms in total. The fourth-order valence-corrected chi connectivity index (χ4v) is 5.04. The zero-order valence-electron chi connectivity index (χ0n) is 19.7. The van der Waals surface area contributed by atoms with E-state index in [4.69, 9.17) is 24.3 Å². The normalized spacial score (nSPS) is 17.7. The number of hydrogen-bond donors (Lipinski definition) is 3. The number of imidazole rings is 1. The Balaban J connectivity index is 1.54. The van der Waals surface area contributed by atoms with Crippen LogP contribution in [0.1, 0.15) is 29.4 Å². The van der Waals surface area contributed by atoms with Crippen LogP contribution in [0.4, 0.5) is 5.82 Å². The van der Waals surface area contributed by atoms with Crippen molar-refractivity contribution in [1.82, 2.24) is 19.5 Å². The van der Waals surface area contributed by atoms with Gasteiger partial charge in [-0.1, -0.05) is 18.2 Å². The maximum absolute atomic E-state index is 13.2. The first-order chi connectivity index (χ1) is 18.4. The second-order valence-electron chi connectivity index (χ2n) is 7.83. The molecule has 3 N–H and O–H groups in total. The summed E-state index contributed by atoms with van der Waals surface area (Å²) in [6.45, 7) is -0.589. The van der Waals surface area contributed by atoms with Gasteiger partial charge in [-0.05, 0) is 18.2 Å². The molecule has 0 bridgehead atoms. The zero-order valence-corrected chi connectivity index (χ0v) is 20.6. The Morgan fingerprint density at radius 1 is 1.16 bits per heavy atom. The number of nitrogens with one attached hydrogen (secondary N) is 1. The van der Waals surface area contributed by atoms with E-state index in [2.05, 4.69) is 20.3 Å². The van der Waals surface area contributed by atoms with Crippen LogP contribution in [0.25, 0.3) is 11.2 Å². The van der Waals surface area contributed by atoms with Crippen LogP contribution in [0.2, 0.25) is 0 Å². The maximum Gasteiger partial charge on any atom is 0.366 e. The van der Waals surface area contributed by atoms with E-state index in [0.717, 1.165) is 6.08 Å². The molecule has 0 spiro atoms. The fourth-order valence-electron chi connectivity index (χ4n) is 3.54. The lowest BCUT2D eigenvalue weighted by Crippen LogP contribution is -2.21. The first-order valence-corrected chi connectivity index (χ1v) is 12.9. The highest BCUT2D eigenvalue weighted by molar-refractivity contribution is 7.54. The topological polar surface area (TPSA) is 205 Å². The number of aliphatic hydroxyl groups is 2. The molecular formula is C23H22N7O7P. The number of hydrogen-bond acceptors (Lipinski definition) is 12. The Morgan fingerprint density at radius 2 is 1.84 bits per heavy atom. The number of amides is 1. The van der Waals surface area contributed by atoms with Gasteiger partial charge in [0.25, 0.3) is 5.91 Å². The van der Waals surface area contributed by atoms with Gasteiger partial charge in [-0.15, -0.1) is 0 Å². The minimum Gasteiger partial charge on any atom is -0.468 e. The lowest BCUT2D eigenvalue weighted by Gasteiger charge is -2.24. The van der Waals surface area contributed by atoms with Crippen molar-refractivity contribution in [1.29, 1.82) is 10.5 Å². The Morgan fingerprint density at radius 3 is 2.50 bits per heavy atom. The third-order valence-electron chi connectivity index (χ3n) is 5.31. The molecule has 1 unspecified atom stereocenters. The molecule has 0 aliphatic carbocycles. The van der Waals surface area contributed by atoms with E-state index in [1.54, 1.807) is 30.3 Å². The maximum atomic E-state index is 13.2. The van der Waals surface area contributed by atoms with E-state index in [0.29, 0.717) is 5.56 Å². The van der Waals surface area contributed by atoms with Crippen LogP contribution in [-0.4, -0.2) is 60.8 Å². The predicted molar refractivity (Wildman–Crippen MR) is 130 cm³/mol. The highest BCUT2D eigenvalue weighted by Gasteiger charge is 2.44. The first-order valence-electron chi connectivity index (χ1n) is 11.3. The summed E-state index contributed by atoms with van der Waals surface area (Å²) in [5, 5.41) is 41.6. The van der Waals surface area contributed by atoms with E-state index in [1.165, 1.54) is 17.2 Å². The van der Waals surface area contributed by atoms with Crippen LogP contribution in [-0.2, 0) is 18.3 Å². The number of nitriles is 2. The number of aliphatic hydroxyl groups excluding tert-OH is 2. The van der Waals surface area contributed by atoms with E-state index >= 15 is 0 Å². The highest BCUT2D eigenvalue weighted by Crippen LogP contribution is 2.56. The Bertz CT molecular complexity index is 1440. The molecule has 1 aliphatic rings. The molecule has 3 heterocycles. The first kappa shape index (κ1) is 26.9. The van der Waals surface area contributed by atoms with E-state index < -0.39 is 31.7 Å². The van der Waals surface area contributed by atoms with Crippen molar-refractivity contribution in [2.75, 3.05) is 18.5 Å². The summed E-state index contributed by atoms with van der Waals surface area (Å²) in [5.74, 6) is -2.52. The molecule has 0 saturated carbocycles. The minimum absolute atomic E-state index is 0.118. The molecule has 1 aliphatic heterocycles. The number of carbonyl (C=O) groups is 1. The molecule has 0 radical (unpaired) electrons.